The monoisotopic (exact) mass is 771 g/mol. The lowest BCUT2D eigenvalue weighted by Gasteiger charge is -2.12. The smallest absolute Gasteiger partial charge is 0.347 e. The van der Waals surface area contributed by atoms with Crippen molar-refractivity contribution >= 4 is 67.7 Å². The number of thiazole rings is 2. The molecule has 0 aliphatic rings. The van der Waals surface area contributed by atoms with Crippen molar-refractivity contribution in [2.24, 2.45) is 7.05 Å². The van der Waals surface area contributed by atoms with Crippen LogP contribution in [0.1, 0.15) is 42.4 Å². The van der Waals surface area contributed by atoms with Gasteiger partial charge in [-0.2, -0.15) is 0 Å². The fourth-order valence-electron chi connectivity index (χ4n) is 5.57. The molecule has 0 fully saturated rings. The van der Waals surface area contributed by atoms with E-state index in [4.69, 9.17) is 9.40 Å². The molecule has 2 N–H and O–H groups in total. The number of aryl methyl sites for hydroxylation is 4. The van der Waals surface area contributed by atoms with Crippen molar-refractivity contribution in [3.8, 4) is 21.5 Å². The molecule has 55 heavy (non-hydrogen) atoms. The summed E-state index contributed by atoms with van der Waals surface area (Å²) in [5, 5.41) is 7.94. The highest BCUT2D eigenvalue weighted by molar-refractivity contribution is 7.15. The van der Waals surface area contributed by atoms with Crippen molar-refractivity contribution < 1.29 is 14.0 Å². The van der Waals surface area contributed by atoms with Gasteiger partial charge in [-0.3, -0.25) is 28.9 Å². The highest BCUT2D eigenvalue weighted by atomic mass is 32.1. The molecule has 18 heteroatoms. The summed E-state index contributed by atoms with van der Waals surface area (Å²) in [5.74, 6) is -0.176. The topological polar surface area (TPSA) is 214 Å². The van der Waals surface area contributed by atoms with Crippen LogP contribution in [0.25, 0.3) is 43.3 Å². The van der Waals surface area contributed by atoms with E-state index < -0.39 is 17.4 Å². The van der Waals surface area contributed by atoms with Crippen LogP contribution in [0.4, 0.5) is 11.4 Å². The van der Waals surface area contributed by atoms with Crippen LogP contribution < -0.4 is 21.8 Å². The van der Waals surface area contributed by atoms with E-state index >= 15 is 0 Å². The molecule has 2 aromatic carbocycles. The molecule has 0 spiro atoms. The molecule has 6 heterocycles. The number of aromatic nitrogens is 9. The third-order valence-electron chi connectivity index (χ3n) is 8.06. The fourth-order valence-corrected chi connectivity index (χ4v) is 7.36. The van der Waals surface area contributed by atoms with Crippen molar-refractivity contribution in [2.45, 2.75) is 27.7 Å². The number of para-hydroxylation sites is 2. The summed E-state index contributed by atoms with van der Waals surface area (Å²) in [4.78, 5) is 85.5. The first-order chi connectivity index (χ1) is 26.5. The van der Waals surface area contributed by atoms with Gasteiger partial charge in [-0.25, -0.2) is 34.7 Å². The first-order valence-electron chi connectivity index (χ1n) is 16.5. The number of fused-ring (bicyclic) bond motifs is 2. The molecule has 0 saturated heterocycles. The molecule has 0 atom stereocenters. The van der Waals surface area contributed by atoms with Crippen molar-refractivity contribution in [3.05, 3.63) is 127 Å². The van der Waals surface area contributed by atoms with Gasteiger partial charge in [0, 0.05) is 31.8 Å². The lowest BCUT2D eigenvalue weighted by molar-refractivity contribution is 0.101. The lowest BCUT2D eigenvalue weighted by Crippen LogP contribution is -2.21. The van der Waals surface area contributed by atoms with E-state index in [1.54, 1.807) is 43.4 Å². The number of carbonyl (C=O) groups is 2. The molecule has 0 saturated carbocycles. The number of anilines is 2. The number of hydrogen-bond donors (Lipinski definition) is 2. The Hall–Kier alpha value is -6.92. The van der Waals surface area contributed by atoms with Crippen LogP contribution in [0.15, 0.2) is 87.6 Å². The Balaban J connectivity index is 0.000000169. The molecule has 274 valence electrons. The molecule has 0 unspecified atom stereocenters. The second-order valence-corrected chi connectivity index (χ2v) is 14.3. The molecule has 8 rings (SSSR count). The maximum absolute atomic E-state index is 12.9. The Morgan fingerprint density at radius 2 is 1.20 bits per heavy atom. The standard InChI is InChI=1S/C19H16N6O2S.C18H13N5O3S/c1-10-16(28-11(2)22-10)17-24-15-12(19(27)25(17)3)5-4-6-13(15)23-18(26)14-9-20-7-8-21-14;1-9-15(27-10(2)21-9)17-23-14-11(18(25)26-17)4-3-5-12(14)22-16(24)13-8-19-6-7-20-13/h4-9H,1-3H3,(H,23,26);3-8H,1-2H3,(H,22,24). The van der Waals surface area contributed by atoms with Crippen LogP contribution in [0.5, 0.6) is 0 Å². The molecule has 0 bridgehead atoms. The van der Waals surface area contributed by atoms with Crippen molar-refractivity contribution in [2.75, 3.05) is 10.6 Å². The predicted octanol–water partition coefficient (Wildman–Crippen LogP) is 5.69. The van der Waals surface area contributed by atoms with Crippen LogP contribution in [0, 0.1) is 27.7 Å². The number of nitrogens with zero attached hydrogens (tertiary/aromatic N) is 9. The summed E-state index contributed by atoms with van der Waals surface area (Å²) < 4.78 is 6.89. The van der Waals surface area contributed by atoms with Crippen LogP contribution in [-0.4, -0.2) is 56.3 Å². The Bertz CT molecular complexity index is 2870. The number of rotatable bonds is 6. The van der Waals surface area contributed by atoms with Crippen molar-refractivity contribution in [1.29, 1.82) is 0 Å². The molecule has 0 aliphatic carbocycles. The highest BCUT2D eigenvalue weighted by Gasteiger charge is 2.20. The quantitative estimate of drug-likeness (QED) is 0.208. The van der Waals surface area contributed by atoms with E-state index in [9.17, 15) is 19.2 Å². The molecule has 16 nitrogen and oxygen atoms in total. The minimum atomic E-state index is -0.531. The van der Waals surface area contributed by atoms with Gasteiger partial charge >= 0.3 is 5.63 Å². The van der Waals surface area contributed by atoms with Gasteiger partial charge in [0.2, 0.25) is 5.89 Å². The van der Waals surface area contributed by atoms with Gasteiger partial charge in [0.05, 0.1) is 60.8 Å². The molecule has 6 aromatic heterocycles. The van der Waals surface area contributed by atoms with E-state index in [0.717, 1.165) is 26.3 Å². The number of carbonyl (C=O) groups excluding carboxylic acids is 2. The predicted molar refractivity (Wildman–Crippen MR) is 208 cm³/mol. The van der Waals surface area contributed by atoms with Gasteiger partial charge in [-0.15, -0.1) is 22.7 Å². The summed E-state index contributed by atoms with van der Waals surface area (Å²) in [6, 6.07) is 10.0. The second-order valence-electron chi connectivity index (χ2n) is 11.9. The average molecular weight is 772 g/mol. The summed E-state index contributed by atoms with van der Waals surface area (Å²) >= 11 is 2.87. The molecular formula is C37H29N11O5S2. The highest BCUT2D eigenvalue weighted by Crippen LogP contribution is 2.31. The Labute approximate surface area is 319 Å². The summed E-state index contributed by atoms with van der Waals surface area (Å²) in [6.45, 7) is 7.49. The largest absolute Gasteiger partial charge is 0.402 e. The third-order valence-corrected chi connectivity index (χ3v) is 10.2. The minimum absolute atomic E-state index is 0.159. The van der Waals surface area contributed by atoms with E-state index in [-0.39, 0.29) is 28.2 Å². The Morgan fingerprint density at radius 3 is 1.71 bits per heavy atom. The Kier molecular flexibility index (Phi) is 10.1. The van der Waals surface area contributed by atoms with Crippen molar-refractivity contribution in [1.82, 2.24) is 44.4 Å². The van der Waals surface area contributed by atoms with Gasteiger partial charge in [0.1, 0.15) is 27.3 Å². The number of nitrogens with one attached hydrogen (secondary N) is 2. The zero-order valence-electron chi connectivity index (χ0n) is 29.8. The number of amides is 2. The summed E-state index contributed by atoms with van der Waals surface area (Å²) in [5.41, 5.74) is 2.73. The third kappa shape index (κ3) is 7.48. The number of benzene rings is 2. The minimum Gasteiger partial charge on any atom is -0.402 e. The van der Waals surface area contributed by atoms with Gasteiger partial charge in [0.15, 0.2) is 5.82 Å². The first-order valence-corrected chi connectivity index (χ1v) is 18.1. The first kappa shape index (κ1) is 36.4. The second kappa shape index (κ2) is 15.2. The van der Waals surface area contributed by atoms with Gasteiger partial charge in [-0.1, -0.05) is 12.1 Å². The fraction of sp³-hybridized carbons (Fsp3) is 0.135. The van der Waals surface area contributed by atoms with Crippen molar-refractivity contribution in [3.63, 3.8) is 0 Å². The van der Waals surface area contributed by atoms with Crippen LogP contribution >= 0.6 is 22.7 Å². The summed E-state index contributed by atoms with van der Waals surface area (Å²) in [6.07, 6.45) is 8.58. The van der Waals surface area contributed by atoms with Gasteiger partial charge in [-0.05, 0) is 52.0 Å². The van der Waals surface area contributed by atoms with E-state index in [0.29, 0.717) is 38.5 Å². The van der Waals surface area contributed by atoms with Crippen LogP contribution in [0.2, 0.25) is 0 Å². The van der Waals surface area contributed by atoms with Gasteiger partial charge < -0.3 is 15.1 Å². The zero-order chi connectivity index (χ0) is 38.8. The molecular weight excluding hydrogens is 743 g/mol. The van der Waals surface area contributed by atoms with Gasteiger partial charge in [0.25, 0.3) is 17.4 Å². The van der Waals surface area contributed by atoms with Crippen LogP contribution in [-0.2, 0) is 7.05 Å². The molecule has 0 radical (unpaired) electrons. The number of hydrogen-bond acceptors (Lipinski definition) is 15. The molecule has 0 aliphatic heterocycles. The van der Waals surface area contributed by atoms with E-state index in [2.05, 4.69) is 45.5 Å². The summed E-state index contributed by atoms with van der Waals surface area (Å²) in [7, 11) is 1.68. The molecule has 2 amide bonds. The normalized spacial score (nSPS) is 10.9. The van der Waals surface area contributed by atoms with Crippen LogP contribution in [0.3, 0.4) is 0 Å². The maximum atomic E-state index is 12.9. The molecule has 8 aromatic rings. The SMILES string of the molecule is Cc1nc(C)c(-c2nc3c(NC(=O)c4cnccn4)cccc3c(=O)n2C)s1.Cc1nc(C)c(-c2nc3c(NC(=O)c4cnccn4)cccc3c(=O)o2)s1. The maximum Gasteiger partial charge on any atom is 0.347 e. The van der Waals surface area contributed by atoms with E-state index in [1.165, 1.54) is 64.4 Å². The lowest BCUT2D eigenvalue weighted by atomic mass is 10.2. The van der Waals surface area contributed by atoms with E-state index in [1.807, 2.05) is 27.7 Å². The zero-order valence-corrected chi connectivity index (χ0v) is 31.4. The Morgan fingerprint density at radius 1 is 0.673 bits per heavy atom. The average Bonchev–Trinajstić information content (AvgIpc) is 3.71.